The Kier molecular flexibility index (Phi) is 45.4. The summed E-state index contributed by atoms with van der Waals surface area (Å²) in [6.45, 7) is 6.44. The molecule has 0 aromatic carbocycles. The van der Waals surface area contributed by atoms with Gasteiger partial charge in [-0.15, -0.1) is 0 Å². The van der Waals surface area contributed by atoms with Crippen LogP contribution in [0, 0.1) is 0 Å². The molecule has 6 heteroatoms. The van der Waals surface area contributed by atoms with Crippen LogP contribution in [0.4, 0.5) is 0 Å². The normalized spacial score (nSPS) is 12.5. The number of hydrogen-bond acceptors (Lipinski definition) is 6. The number of rotatable bonds is 44. The van der Waals surface area contributed by atoms with Crippen LogP contribution in [-0.2, 0) is 28.6 Å². The molecule has 0 bridgehead atoms. The molecule has 6 nitrogen and oxygen atoms in total. The third-order valence-corrected chi connectivity index (χ3v) is 10.5. The zero-order valence-electron chi connectivity index (χ0n) is 38.8. The van der Waals surface area contributed by atoms with Gasteiger partial charge in [0.05, 0.1) is 0 Å². The van der Waals surface area contributed by atoms with Crippen molar-refractivity contribution < 1.29 is 28.6 Å². The predicted molar refractivity (Wildman–Crippen MR) is 251 cm³/mol. The molecule has 0 radical (unpaired) electrons. The van der Waals surface area contributed by atoms with Crippen molar-refractivity contribution in [1.82, 2.24) is 0 Å². The maximum atomic E-state index is 12.7. The summed E-state index contributed by atoms with van der Waals surface area (Å²) in [4.78, 5) is 37.8. The summed E-state index contributed by atoms with van der Waals surface area (Å²) < 4.78 is 16.7. The van der Waals surface area contributed by atoms with Crippen molar-refractivity contribution in [2.24, 2.45) is 0 Å². The minimum atomic E-state index is -0.801. The molecule has 0 aliphatic rings. The molecule has 0 heterocycles. The molecule has 0 aromatic rings. The van der Waals surface area contributed by atoms with Crippen molar-refractivity contribution in [3.05, 3.63) is 60.8 Å². The quantitative estimate of drug-likeness (QED) is 0.0263. The fourth-order valence-electron chi connectivity index (χ4n) is 6.75. The standard InChI is InChI=1S/C53H92O6/c1-4-7-10-13-16-19-22-24-25-26-27-29-31-34-37-40-43-46-52(55)58-49-50(48-57-51(54)45-42-39-36-33-30-21-18-15-12-9-6-3)59-53(56)47-44-41-38-35-32-28-23-20-17-14-11-8-5-2/h9,12,18,21,24-25,28,32-33,36,50H,4-8,10-11,13-17,19-20,22-23,26-27,29-31,34-35,37-49H2,1-3H3/b12-9-,21-18-,25-24-,32-28-,36-33-. The number of ether oxygens (including phenoxy) is 3. The second-order valence-electron chi connectivity index (χ2n) is 16.3. The van der Waals surface area contributed by atoms with E-state index in [1.807, 2.05) is 0 Å². The first-order valence-electron chi connectivity index (χ1n) is 24.8. The van der Waals surface area contributed by atoms with Crippen LogP contribution in [0.3, 0.4) is 0 Å². The summed E-state index contributed by atoms with van der Waals surface area (Å²) in [7, 11) is 0. The molecule has 0 N–H and O–H groups in total. The molecule has 0 fully saturated rings. The van der Waals surface area contributed by atoms with E-state index >= 15 is 0 Å². The van der Waals surface area contributed by atoms with Crippen LogP contribution in [0.1, 0.15) is 239 Å². The third kappa shape index (κ3) is 46.0. The Morgan fingerprint density at radius 3 is 1.14 bits per heavy atom. The molecule has 59 heavy (non-hydrogen) atoms. The Labute approximate surface area is 364 Å². The first-order valence-corrected chi connectivity index (χ1v) is 24.8. The van der Waals surface area contributed by atoms with Crippen LogP contribution in [0.5, 0.6) is 0 Å². The Balaban J connectivity index is 4.41. The largest absolute Gasteiger partial charge is 0.462 e. The topological polar surface area (TPSA) is 78.9 Å². The molecule has 0 saturated heterocycles. The zero-order valence-corrected chi connectivity index (χ0v) is 38.8. The lowest BCUT2D eigenvalue weighted by atomic mass is 10.1. The van der Waals surface area contributed by atoms with E-state index in [1.165, 1.54) is 116 Å². The van der Waals surface area contributed by atoms with Crippen molar-refractivity contribution in [2.45, 2.75) is 245 Å². The molecule has 1 atom stereocenters. The van der Waals surface area contributed by atoms with Gasteiger partial charge in [-0.05, 0) is 96.3 Å². The van der Waals surface area contributed by atoms with Gasteiger partial charge in [-0.3, -0.25) is 14.4 Å². The summed E-state index contributed by atoms with van der Waals surface area (Å²) in [5, 5.41) is 0. The third-order valence-electron chi connectivity index (χ3n) is 10.5. The second-order valence-corrected chi connectivity index (χ2v) is 16.3. The predicted octanol–water partition coefficient (Wildman–Crippen LogP) is 16.1. The summed E-state index contributed by atoms with van der Waals surface area (Å²) >= 11 is 0. The lowest BCUT2D eigenvalue weighted by molar-refractivity contribution is -0.167. The smallest absolute Gasteiger partial charge is 0.306 e. The van der Waals surface area contributed by atoms with Crippen molar-refractivity contribution in [3.8, 4) is 0 Å². The summed E-state index contributed by atoms with van der Waals surface area (Å²) in [6.07, 6.45) is 57.9. The molecule has 0 aliphatic carbocycles. The molecule has 0 amide bonds. The van der Waals surface area contributed by atoms with Gasteiger partial charge in [0.1, 0.15) is 13.2 Å². The number of allylic oxidation sites excluding steroid dienone is 10. The van der Waals surface area contributed by atoms with Crippen LogP contribution in [0.2, 0.25) is 0 Å². The fraction of sp³-hybridized carbons (Fsp3) is 0.755. The average Bonchev–Trinajstić information content (AvgIpc) is 3.23. The van der Waals surface area contributed by atoms with E-state index in [2.05, 4.69) is 81.5 Å². The Morgan fingerprint density at radius 1 is 0.356 bits per heavy atom. The summed E-state index contributed by atoms with van der Waals surface area (Å²) in [5.41, 5.74) is 0. The number of esters is 3. The van der Waals surface area contributed by atoms with Gasteiger partial charge in [0.2, 0.25) is 0 Å². The van der Waals surface area contributed by atoms with Gasteiger partial charge >= 0.3 is 17.9 Å². The van der Waals surface area contributed by atoms with Crippen LogP contribution in [0.15, 0.2) is 60.8 Å². The fourth-order valence-corrected chi connectivity index (χ4v) is 6.75. The van der Waals surface area contributed by atoms with Crippen LogP contribution in [0.25, 0.3) is 0 Å². The minimum Gasteiger partial charge on any atom is -0.462 e. The van der Waals surface area contributed by atoms with E-state index in [-0.39, 0.29) is 37.5 Å². The first kappa shape index (κ1) is 56.1. The van der Waals surface area contributed by atoms with Gasteiger partial charge in [-0.2, -0.15) is 0 Å². The van der Waals surface area contributed by atoms with E-state index in [0.29, 0.717) is 19.3 Å². The van der Waals surface area contributed by atoms with E-state index in [4.69, 9.17) is 14.2 Å². The van der Waals surface area contributed by atoms with Crippen LogP contribution < -0.4 is 0 Å². The number of carbonyl (C=O) groups is 3. The maximum absolute atomic E-state index is 12.7. The second kappa shape index (κ2) is 47.8. The Hall–Kier alpha value is -2.89. The number of hydrogen-bond donors (Lipinski definition) is 0. The van der Waals surface area contributed by atoms with E-state index < -0.39 is 6.10 Å². The molecular formula is C53H92O6. The molecule has 0 saturated carbocycles. The molecule has 0 rings (SSSR count). The number of unbranched alkanes of at least 4 members (excludes halogenated alkanes) is 23. The summed E-state index contributed by atoms with van der Waals surface area (Å²) in [5.74, 6) is -0.975. The lowest BCUT2D eigenvalue weighted by Gasteiger charge is -2.18. The average molecular weight is 825 g/mol. The molecule has 0 spiro atoms. The number of carbonyl (C=O) groups excluding carboxylic acids is 3. The van der Waals surface area contributed by atoms with E-state index in [0.717, 1.165) is 77.0 Å². The van der Waals surface area contributed by atoms with Gasteiger partial charge in [-0.1, -0.05) is 184 Å². The maximum Gasteiger partial charge on any atom is 0.306 e. The van der Waals surface area contributed by atoms with Gasteiger partial charge in [0.15, 0.2) is 6.10 Å². The Bertz CT molecular complexity index is 1090. The molecule has 340 valence electrons. The van der Waals surface area contributed by atoms with Crippen molar-refractivity contribution in [1.29, 1.82) is 0 Å². The van der Waals surface area contributed by atoms with E-state index in [9.17, 15) is 14.4 Å². The van der Waals surface area contributed by atoms with Crippen molar-refractivity contribution in [3.63, 3.8) is 0 Å². The highest BCUT2D eigenvalue weighted by atomic mass is 16.6. The van der Waals surface area contributed by atoms with Crippen LogP contribution in [-0.4, -0.2) is 37.2 Å². The van der Waals surface area contributed by atoms with E-state index in [1.54, 1.807) is 0 Å². The SMILES string of the molecule is CC/C=C\C/C=C\C/C=C\CCCC(=O)OCC(COC(=O)CCCCCCCCC/C=C\CCCCCCCC)OC(=O)CCCCC/C=C\CCCCCCCC. The van der Waals surface area contributed by atoms with Crippen molar-refractivity contribution >= 4 is 17.9 Å². The Morgan fingerprint density at radius 2 is 0.678 bits per heavy atom. The highest BCUT2D eigenvalue weighted by Gasteiger charge is 2.19. The molecular weight excluding hydrogens is 733 g/mol. The monoisotopic (exact) mass is 825 g/mol. The minimum absolute atomic E-state index is 0.0981. The molecule has 0 aliphatic heterocycles. The molecule has 0 aromatic heterocycles. The van der Waals surface area contributed by atoms with Gasteiger partial charge < -0.3 is 14.2 Å². The van der Waals surface area contributed by atoms with Gasteiger partial charge in [0.25, 0.3) is 0 Å². The van der Waals surface area contributed by atoms with Gasteiger partial charge in [-0.25, -0.2) is 0 Å². The van der Waals surface area contributed by atoms with Crippen molar-refractivity contribution in [2.75, 3.05) is 13.2 Å². The highest BCUT2D eigenvalue weighted by Crippen LogP contribution is 2.13. The molecule has 1 unspecified atom stereocenters. The zero-order chi connectivity index (χ0) is 43.0. The van der Waals surface area contributed by atoms with Crippen LogP contribution >= 0.6 is 0 Å². The highest BCUT2D eigenvalue weighted by molar-refractivity contribution is 5.71. The summed E-state index contributed by atoms with van der Waals surface area (Å²) in [6, 6.07) is 0. The first-order chi connectivity index (χ1) is 29.0. The lowest BCUT2D eigenvalue weighted by Crippen LogP contribution is -2.30. The van der Waals surface area contributed by atoms with Gasteiger partial charge in [0, 0.05) is 19.3 Å².